The largest absolute Gasteiger partial charge is 0.358 e. The van der Waals surface area contributed by atoms with Crippen LogP contribution in [0.15, 0.2) is 41.8 Å². The summed E-state index contributed by atoms with van der Waals surface area (Å²) in [6, 6.07) is 4.35. The van der Waals surface area contributed by atoms with E-state index in [9.17, 15) is 0 Å². The number of thiocarbonyl (C=S) groups is 1. The number of rotatable bonds is 3. The molecule has 1 aromatic rings. The number of pyridine rings is 1. The molecule has 5 atom stereocenters. The summed E-state index contributed by atoms with van der Waals surface area (Å²) in [5, 5.41) is 8.27. The van der Waals surface area contributed by atoms with E-state index in [1.54, 1.807) is 18.6 Å². The highest BCUT2D eigenvalue weighted by atomic mass is 32.1. The zero-order valence-corrected chi connectivity index (χ0v) is 13.2. The fourth-order valence-corrected chi connectivity index (χ4v) is 4.73. The van der Waals surface area contributed by atoms with E-state index < -0.39 is 0 Å². The minimum atomic E-state index is 0.502. The molecule has 2 saturated carbocycles. The Labute approximate surface area is 136 Å². The van der Waals surface area contributed by atoms with Gasteiger partial charge in [-0.3, -0.25) is 10.4 Å². The van der Waals surface area contributed by atoms with Crippen LogP contribution in [0.5, 0.6) is 0 Å². The normalized spacial score (nSPS) is 35.0. The lowest BCUT2D eigenvalue weighted by Crippen LogP contribution is -2.45. The lowest BCUT2D eigenvalue weighted by atomic mass is 9.79. The topological polar surface area (TPSA) is 49.3 Å². The van der Waals surface area contributed by atoms with E-state index in [1.807, 2.05) is 12.1 Å². The van der Waals surface area contributed by atoms with Gasteiger partial charge in [-0.1, -0.05) is 18.2 Å². The fourth-order valence-electron chi connectivity index (χ4n) is 4.53. The van der Waals surface area contributed by atoms with E-state index in [0.29, 0.717) is 11.2 Å². The van der Waals surface area contributed by atoms with Crippen molar-refractivity contribution < 1.29 is 0 Å². The first-order valence-corrected chi connectivity index (χ1v) is 8.38. The first kappa shape index (κ1) is 13.9. The van der Waals surface area contributed by atoms with Crippen molar-refractivity contribution in [1.29, 1.82) is 0 Å². The van der Waals surface area contributed by atoms with Crippen LogP contribution >= 0.6 is 12.2 Å². The summed E-state index contributed by atoms with van der Waals surface area (Å²) in [6.45, 7) is 0. The van der Waals surface area contributed by atoms with Crippen LogP contribution < -0.4 is 10.7 Å². The Balaban J connectivity index is 1.30. The Kier molecular flexibility index (Phi) is 3.66. The second-order valence-corrected chi connectivity index (χ2v) is 6.94. The van der Waals surface area contributed by atoms with Gasteiger partial charge in [0.05, 0.1) is 6.21 Å². The van der Waals surface area contributed by atoms with Gasteiger partial charge in [-0.2, -0.15) is 5.10 Å². The van der Waals surface area contributed by atoms with E-state index in [0.717, 1.165) is 29.2 Å². The van der Waals surface area contributed by atoms with Crippen molar-refractivity contribution in [2.24, 2.45) is 28.8 Å². The Morgan fingerprint density at radius 1 is 1.36 bits per heavy atom. The molecule has 2 fully saturated rings. The van der Waals surface area contributed by atoms with Crippen LogP contribution in [0.25, 0.3) is 0 Å². The third-order valence-corrected chi connectivity index (χ3v) is 5.60. The number of fused-ring (bicyclic) bond motifs is 5. The first-order valence-electron chi connectivity index (χ1n) is 7.97. The van der Waals surface area contributed by atoms with Gasteiger partial charge >= 0.3 is 0 Å². The third kappa shape index (κ3) is 2.54. The molecule has 22 heavy (non-hydrogen) atoms. The van der Waals surface area contributed by atoms with Crippen LogP contribution in [0.4, 0.5) is 0 Å². The summed E-state index contributed by atoms with van der Waals surface area (Å²) in [5.74, 6) is 3.31. The number of aromatic nitrogens is 1. The minimum absolute atomic E-state index is 0.502. The number of nitrogens with one attached hydrogen (secondary N) is 2. The highest BCUT2D eigenvalue weighted by Crippen LogP contribution is 2.56. The second kappa shape index (κ2) is 5.80. The van der Waals surface area contributed by atoms with E-state index in [2.05, 4.69) is 33.0 Å². The van der Waals surface area contributed by atoms with Gasteiger partial charge in [0, 0.05) is 24.0 Å². The molecule has 0 amide bonds. The van der Waals surface area contributed by atoms with Gasteiger partial charge < -0.3 is 5.32 Å². The molecule has 0 spiro atoms. The minimum Gasteiger partial charge on any atom is -0.358 e. The lowest BCUT2D eigenvalue weighted by Gasteiger charge is -2.32. The van der Waals surface area contributed by atoms with Crippen LogP contribution in [0.1, 0.15) is 24.8 Å². The molecule has 1 heterocycles. The SMILES string of the molecule is S=C(N/N=C\c1cccnc1)N[C@H]1C[C@@H]2C[C@@H]1[C@@H]1C=CC[C@@H]21. The van der Waals surface area contributed by atoms with E-state index >= 15 is 0 Å². The lowest BCUT2D eigenvalue weighted by molar-refractivity contribution is 0.246. The van der Waals surface area contributed by atoms with Crippen molar-refractivity contribution in [1.82, 2.24) is 15.7 Å². The average Bonchev–Trinajstić information content (AvgIpc) is 3.20. The molecule has 0 unspecified atom stereocenters. The molecule has 0 radical (unpaired) electrons. The highest BCUT2D eigenvalue weighted by Gasteiger charge is 2.52. The summed E-state index contributed by atoms with van der Waals surface area (Å²) in [7, 11) is 0. The van der Waals surface area contributed by atoms with Crippen molar-refractivity contribution >= 4 is 23.5 Å². The molecule has 0 saturated heterocycles. The van der Waals surface area contributed by atoms with Gasteiger partial charge in [0.15, 0.2) is 5.11 Å². The Morgan fingerprint density at radius 2 is 2.32 bits per heavy atom. The molecule has 1 aromatic heterocycles. The number of hydrogen-bond donors (Lipinski definition) is 2. The molecule has 2 N–H and O–H groups in total. The van der Waals surface area contributed by atoms with Crippen molar-refractivity contribution in [2.75, 3.05) is 0 Å². The number of nitrogens with zero attached hydrogens (tertiary/aromatic N) is 2. The van der Waals surface area contributed by atoms with Crippen LogP contribution in [-0.4, -0.2) is 22.4 Å². The molecule has 5 heteroatoms. The van der Waals surface area contributed by atoms with Crippen LogP contribution in [0.2, 0.25) is 0 Å². The zero-order valence-electron chi connectivity index (χ0n) is 12.4. The standard InChI is InChI=1S/C17H20N4S/c22-17(21-19-10-11-3-2-6-18-9-11)20-16-8-12-7-15(16)14-5-1-4-13(12)14/h1-3,5-6,9-10,12-16H,4,7-8H2,(H2,20,21,22)/b19-10-/t12-,13-,14+,15+,16-/m0/s1. The van der Waals surface area contributed by atoms with Gasteiger partial charge in [-0.15, -0.1) is 0 Å². The van der Waals surface area contributed by atoms with E-state index in [4.69, 9.17) is 12.2 Å². The fraction of sp³-hybridized carbons (Fsp3) is 0.471. The van der Waals surface area contributed by atoms with E-state index in [1.165, 1.54) is 19.3 Å². The molecular formula is C17H20N4S. The Bertz CT molecular complexity index is 612. The maximum Gasteiger partial charge on any atom is 0.187 e. The number of hydrogen-bond acceptors (Lipinski definition) is 3. The second-order valence-electron chi connectivity index (χ2n) is 6.54. The number of allylic oxidation sites excluding steroid dienone is 2. The smallest absolute Gasteiger partial charge is 0.187 e. The summed E-state index contributed by atoms with van der Waals surface area (Å²) >= 11 is 5.37. The van der Waals surface area contributed by atoms with Crippen molar-refractivity contribution in [3.8, 4) is 0 Å². The molecule has 3 aliphatic carbocycles. The van der Waals surface area contributed by atoms with E-state index in [-0.39, 0.29) is 0 Å². The van der Waals surface area contributed by atoms with Gasteiger partial charge in [-0.05, 0) is 61.2 Å². The maximum atomic E-state index is 5.37. The third-order valence-electron chi connectivity index (χ3n) is 5.39. The van der Waals surface area contributed by atoms with Gasteiger partial charge in [0.1, 0.15) is 0 Å². The monoisotopic (exact) mass is 312 g/mol. The predicted molar refractivity (Wildman–Crippen MR) is 91.4 cm³/mol. The van der Waals surface area contributed by atoms with Gasteiger partial charge in [-0.25, -0.2) is 0 Å². The summed E-state index contributed by atoms with van der Waals surface area (Å²) in [5.41, 5.74) is 3.88. The van der Waals surface area contributed by atoms with Crippen molar-refractivity contribution in [2.45, 2.75) is 25.3 Å². The summed E-state index contributed by atoms with van der Waals surface area (Å²) < 4.78 is 0. The Morgan fingerprint density at radius 3 is 3.18 bits per heavy atom. The van der Waals surface area contributed by atoms with Gasteiger partial charge in [0.2, 0.25) is 0 Å². The summed E-state index contributed by atoms with van der Waals surface area (Å²) in [6.07, 6.45) is 13.9. The Hall–Kier alpha value is -1.75. The molecule has 3 aliphatic rings. The van der Waals surface area contributed by atoms with Crippen LogP contribution in [-0.2, 0) is 0 Å². The quantitative estimate of drug-likeness (QED) is 0.390. The molecular weight excluding hydrogens is 292 g/mol. The average molecular weight is 312 g/mol. The van der Waals surface area contributed by atoms with Gasteiger partial charge in [0.25, 0.3) is 0 Å². The molecule has 4 rings (SSSR count). The molecule has 114 valence electrons. The molecule has 0 aromatic carbocycles. The maximum absolute atomic E-state index is 5.37. The predicted octanol–water partition coefficient (Wildman–Crippen LogP) is 2.48. The molecule has 2 bridgehead atoms. The highest BCUT2D eigenvalue weighted by molar-refractivity contribution is 7.80. The van der Waals surface area contributed by atoms with Crippen molar-refractivity contribution in [3.63, 3.8) is 0 Å². The van der Waals surface area contributed by atoms with Crippen LogP contribution in [0.3, 0.4) is 0 Å². The molecule has 4 nitrogen and oxygen atoms in total. The molecule has 0 aliphatic heterocycles. The summed E-state index contributed by atoms with van der Waals surface area (Å²) in [4.78, 5) is 4.05. The number of hydrazone groups is 1. The zero-order chi connectivity index (χ0) is 14.9. The van der Waals surface area contributed by atoms with Crippen LogP contribution in [0, 0.1) is 23.7 Å². The first-order chi connectivity index (χ1) is 10.8. The van der Waals surface area contributed by atoms with Crippen molar-refractivity contribution in [3.05, 3.63) is 42.2 Å².